The lowest BCUT2D eigenvalue weighted by molar-refractivity contribution is -0.199. The van der Waals surface area contributed by atoms with Crippen LogP contribution in [0.3, 0.4) is 0 Å². The molecule has 0 bridgehead atoms. The third-order valence-corrected chi connectivity index (χ3v) is 10.7. The molecule has 4 aliphatic rings. The number of aliphatic hydroxyl groups excluding tert-OH is 2. The maximum Gasteiger partial charge on any atom is 0.303 e. The third-order valence-electron chi connectivity index (χ3n) is 10.7. The molecular formula is C26H44O4. The van der Waals surface area contributed by atoms with Crippen molar-refractivity contribution in [1.29, 1.82) is 0 Å². The molecule has 4 unspecified atom stereocenters. The highest BCUT2D eigenvalue weighted by Crippen LogP contribution is 2.67. The molecule has 4 saturated carbocycles. The van der Waals surface area contributed by atoms with E-state index in [0.29, 0.717) is 53.3 Å². The number of aliphatic carboxylic acids is 1. The van der Waals surface area contributed by atoms with Crippen molar-refractivity contribution in [2.24, 2.45) is 58.7 Å². The molecule has 4 nitrogen and oxygen atoms in total. The number of hydrogen-bond donors (Lipinski definition) is 3. The van der Waals surface area contributed by atoms with E-state index in [1.165, 1.54) is 19.3 Å². The lowest BCUT2D eigenvalue weighted by atomic mass is 9.42. The van der Waals surface area contributed by atoms with Gasteiger partial charge in [0.05, 0.1) is 12.2 Å². The first-order valence-corrected chi connectivity index (χ1v) is 12.8. The Morgan fingerprint density at radius 2 is 1.83 bits per heavy atom. The van der Waals surface area contributed by atoms with Gasteiger partial charge in [0, 0.05) is 6.42 Å². The van der Waals surface area contributed by atoms with Crippen LogP contribution in [0.4, 0.5) is 0 Å². The molecule has 0 heterocycles. The topological polar surface area (TPSA) is 77.8 Å². The first-order chi connectivity index (χ1) is 14.2. The molecule has 0 aromatic carbocycles. The van der Waals surface area contributed by atoms with E-state index < -0.39 is 5.97 Å². The zero-order valence-electron chi connectivity index (χ0n) is 19.5. The molecule has 0 aromatic heterocycles. The quantitative estimate of drug-likeness (QED) is 0.587. The van der Waals surface area contributed by atoms with Crippen LogP contribution in [0.15, 0.2) is 0 Å². The minimum absolute atomic E-state index is 0.194. The van der Waals surface area contributed by atoms with Gasteiger partial charge in [0.1, 0.15) is 0 Å². The molecule has 0 amide bonds. The van der Waals surface area contributed by atoms with E-state index in [-0.39, 0.29) is 24.0 Å². The Hall–Kier alpha value is -0.610. The molecule has 4 fully saturated rings. The van der Waals surface area contributed by atoms with E-state index in [1.54, 1.807) is 0 Å². The van der Waals surface area contributed by atoms with Crippen LogP contribution in [-0.4, -0.2) is 33.5 Å². The third kappa shape index (κ3) is 3.54. The van der Waals surface area contributed by atoms with Gasteiger partial charge in [-0.15, -0.1) is 0 Å². The lowest BCUT2D eigenvalue weighted by Gasteiger charge is -2.64. The number of rotatable bonds is 5. The molecule has 4 heteroatoms. The van der Waals surface area contributed by atoms with Gasteiger partial charge in [-0.25, -0.2) is 0 Å². The molecule has 3 N–H and O–H groups in total. The van der Waals surface area contributed by atoms with Gasteiger partial charge in [0.15, 0.2) is 0 Å². The van der Waals surface area contributed by atoms with Crippen molar-refractivity contribution in [3.8, 4) is 0 Å². The van der Waals surface area contributed by atoms with Crippen LogP contribution in [0.2, 0.25) is 0 Å². The fraction of sp³-hybridized carbons (Fsp3) is 0.962. The normalized spacial score (nSPS) is 51.5. The van der Waals surface area contributed by atoms with Gasteiger partial charge in [-0.3, -0.25) is 4.79 Å². The summed E-state index contributed by atoms with van der Waals surface area (Å²) in [6.45, 7) is 9.42. The van der Waals surface area contributed by atoms with Gasteiger partial charge in [-0.05, 0) is 104 Å². The average Bonchev–Trinajstić information content (AvgIpc) is 3.14. The van der Waals surface area contributed by atoms with Gasteiger partial charge in [-0.2, -0.15) is 0 Å². The summed E-state index contributed by atoms with van der Waals surface area (Å²) in [7, 11) is 0. The summed E-state index contributed by atoms with van der Waals surface area (Å²) in [6, 6.07) is 0. The standard InChI is InChI=1S/C26H44O4/c1-5-17-20-13-16(27)10-11-26(20,4)21-12-15(3)23-18(14(2)6-9-22(28)29)7-8-19(23)24(21)25(17)30/h14-21,23-25,27,30H,5-13H2,1-4H3,(H,28,29)/t14-,15-,16-,17-,18-,19?,20+,21?,23+,24?,25?,26+/m1/s1. The molecular weight excluding hydrogens is 376 g/mol. The molecule has 0 saturated heterocycles. The lowest BCUT2D eigenvalue weighted by Crippen LogP contribution is -2.61. The molecule has 0 aliphatic heterocycles. The van der Waals surface area contributed by atoms with Crippen molar-refractivity contribution >= 4 is 5.97 Å². The molecule has 4 rings (SSSR count). The maximum absolute atomic E-state index is 11.7. The fourth-order valence-electron chi connectivity index (χ4n) is 9.34. The Balaban J connectivity index is 1.61. The van der Waals surface area contributed by atoms with E-state index in [2.05, 4.69) is 27.7 Å². The maximum atomic E-state index is 11.7. The first-order valence-electron chi connectivity index (χ1n) is 12.8. The number of carbonyl (C=O) groups is 1. The average molecular weight is 421 g/mol. The summed E-state index contributed by atoms with van der Waals surface area (Å²) in [5.74, 6) is 3.96. The highest BCUT2D eigenvalue weighted by molar-refractivity contribution is 5.66. The van der Waals surface area contributed by atoms with Crippen molar-refractivity contribution in [3.63, 3.8) is 0 Å². The number of fused-ring (bicyclic) bond motifs is 5. The Bertz CT molecular complexity index is 635. The van der Waals surface area contributed by atoms with Gasteiger partial charge in [0.25, 0.3) is 0 Å². The zero-order valence-corrected chi connectivity index (χ0v) is 19.5. The zero-order chi connectivity index (χ0) is 21.8. The van der Waals surface area contributed by atoms with Crippen molar-refractivity contribution in [3.05, 3.63) is 0 Å². The molecule has 12 atom stereocenters. The monoisotopic (exact) mass is 420 g/mol. The second-order valence-electron chi connectivity index (χ2n) is 11.9. The predicted molar refractivity (Wildman–Crippen MR) is 118 cm³/mol. The van der Waals surface area contributed by atoms with Gasteiger partial charge < -0.3 is 15.3 Å². The van der Waals surface area contributed by atoms with Crippen LogP contribution in [0, 0.1) is 58.7 Å². The Kier molecular flexibility index (Phi) is 6.31. The first kappa shape index (κ1) is 22.6. The molecule has 0 radical (unpaired) electrons. The van der Waals surface area contributed by atoms with Crippen LogP contribution < -0.4 is 0 Å². The largest absolute Gasteiger partial charge is 0.481 e. The minimum Gasteiger partial charge on any atom is -0.481 e. The summed E-state index contributed by atoms with van der Waals surface area (Å²) in [6.07, 6.45) is 8.12. The Morgan fingerprint density at radius 1 is 1.10 bits per heavy atom. The fourth-order valence-corrected chi connectivity index (χ4v) is 9.34. The number of carboxylic acid groups (broad SMARTS) is 1. The van der Waals surface area contributed by atoms with Crippen molar-refractivity contribution < 1.29 is 20.1 Å². The van der Waals surface area contributed by atoms with Crippen LogP contribution in [-0.2, 0) is 4.79 Å². The van der Waals surface area contributed by atoms with Crippen LogP contribution in [0.5, 0.6) is 0 Å². The van der Waals surface area contributed by atoms with E-state index >= 15 is 0 Å². The van der Waals surface area contributed by atoms with E-state index in [9.17, 15) is 15.0 Å². The van der Waals surface area contributed by atoms with Gasteiger partial charge in [-0.1, -0.05) is 34.1 Å². The van der Waals surface area contributed by atoms with E-state index in [4.69, 9.17) is 5.11 Å². The molecule has 4 aliphatic carbocycles. The number of hydrogen-bond acceptors (Lipinski definition) is 3. The summed E-state index contributed by atoms with van der Waals surface area (Å²) in [4.78, 5) is 11.1. The molecule has 172 valence electrons. The van der Waals surface area contributed by atoms with Crippen LogP contribution >= 0.6 is 0 Å². The summed E-state index contributed by atoms with van der Waals surface area (Å²) >= 11 is 0. The Labute approximate surface area is 182 Å². The summed E-state index contributed by atoms with van der Waals surface area (Å²) in [5.41, 5.74) is 0.246. The van der Waals surface area contributed by atoms with Crippen molar-refractivity contribution in [2.45, 2.75) is 97.7 Å². The number of aliphatic hydroxyl groups is 2. The minimum atomic E-state index is -0.680. The van der Waals surface area contributed by atoms with Crippen LogP contribution in [0.25, 0.3) is 0 Å². The van der Waals surface area contributed by atoms with Crippen molar-refractivity contribution in [2.75, 3.05) is 0 Å². The second kappa shape index (κ2) is 8.39. The summed E-state index contributed by atoms with van der Waals surface area (Å²) in [5, 5.41) is 31.2. The second-order valence-corrected chi connectivity index (χ2v) is 11.9. The number of carboxylic acids is 1. The highest BCUT2D eigenvalue weighted by Gasteiger charge is 2.63. The van der Waals surface area contributed by atoms with E-state index in [1.807, 2.05) is 0 Å². The Morgan fingerprint density at radius 3 is 2.50 bits per heavy atom. The summed E-state index contributed by atoms with van der Waals surface area (Å²) < 4.78 is 0. The molecule has 30 heavy (non-hydrogen) atoms. The smallest absolute Gasteiger partial charge is 0.303 e. The predicted octanol–water partition coefficient (Wildman–Crippen LogP) is 4.97. The van der Waals surface area contributed by atoms with Crippen LogP contribution in [0.1, 0.15) is 85.5 Å². The van der Waals surface area contributed by atoms with Gasteiger partial charge >= 0.3 is 5.97 Å². The molecule has 0 spiro atoms. The molecule has 0 aromatic rings. The van der Waals surface area contributed by atoms with Crippen molar-refractivity contribution in [1.82, 2.24) is 0 Å². The SMILES string of the molecule is CC[C@H]1C(O)C2C3CC[C@H]([C@H](C)CCC(=O)O)[C@@H]3[C@H](C)CC2[C@@]2(C)CC[C@@H](O)C[C@@H]12. The highest BCUT2D eigenvalue weighted by atomic mass is 16.4. The van der Waals surface area contributed by atoms with Gasteiger partial charge in [0.2, 0.25) is 0 Å². The van der Waals surface area contributed by atoms with E-state index in [0.717, 1.165) is 32.1 Å².